The first kappa shape index (κ1) is 16.5. The molecule has 0 aliphatic carbocycles. The molecule has 0 amide bonds. The van der Waals surface area contributed by atoms with Crippen LogP contribution in [-0.2, 0) is 10.0 Å². The van der Waals surface area contributed by atoms with E-state index in [-0.39, 0.29) is 23.5 Å². The van der Waals surface area contributed by atoms with Crippen LogP contribution in [0.1, 0.15) is 32.9 Å². The van der Waals surface area contributed by atoms with Gasteiger partial charge in [0, 0.05) is 0 Å². The molecule has 0 fully saturated rings. The van der Waals surface area contributed by atoms with E-state index in [9.17, 15) is 8.42 Å². The molecule has 1 aromatic heterocycles. The molecule has 0 aromatic carbocycles. The van der Waals surface area contributed by atoms with Crippen molar-refractivity contribution in [3.8, 4) is 11.8 Å². The van der Waals surface area contributed by atoms with Gasteiger partial charge < -0.3 is 5.73 Å². The lowest BCUT2D eigenvalue weighted by molar-refractivity contribution is 0.397. The zero-order chi connectivity index (χ0) is 15.2. The third kappa shape index (κ3) is 6.55. The van der Waals surface area contributed by atoms with Crippen molar-refractivity contribution in [2.75, 3.05) is 17.0 Å². The molecule has 0 aliphatic heterocycles. The van der Waals surface area contributed by atoms with Gasteiger partial charge in [-0.2, -0.15) is 0 Å². The van der Waals surface area contributed by atoms with Gasteiger partial charge in [-0.3, -0.25) is 4.72 Å². The summed E-state index contributed by atoms with van der Waals surface area (Å²) in [5.74, 6) is 5.79. The van der Waals surface area contributed by atoms with E-state index < -0.39 is 10.0 Å². The Labute approximate surface area is 121 Å². The SMILES string of the molecule is CC(C)(C)CCS(=O)(=O)Nc1cccc(C#CCN)n1. The summed E-state index contributed by atoms with van der Waals surface area (Å²) in [4.78, 5) is 4.12. The minimum Gasteiger partial charge on any atom is -0.320 e. The van der Waals surface area contributed by atoms with Crippen LogP contribution in [-0.4, -0.2) is 25.7 Å². The van der Waals surface area contributed by atoms with Crippen LogP contribution < -0.4 is 10.5 Å². The Morgan fingerprint density at radius 3 is 2.65 bits per heavy atom. The smallest absolute Gasteiger partial charge is 0.233 e. The summed E-state index contributed by atoms with van der Waals surface area (Å²) in [5, 5.41) is 0. The monoisotopic (exact) mass is 295 g/mol. The number of hydrogen-bond acceptors (Lipinski definition) is 4. The van der Waals surface area contributed by atoms with Gasteiger partial charge in [0.25, 0.3) is 0 Å². The van der Waals surface area contributed by atoms with Crippen molar-refractivity contribution in [1.82, 2.24) is 4.98 Å². The molecule has 1 rings (SSSR count). The first-order chi connectivity index (χ1) is 9.22. The Bertz CT molecular complexity index is 607. The Balaban J connectivity index is 2.77. The van der Waals surface area contributed by atoms with Crippen LogP contribution in [0, 0.1) is 17.3 Å². The molecule has 0 bridgehead atoms. The van der Waals surface area contributed by atoms with Gasteiger partial charge in [0.15, 0.2) is 0 Å². The highest BCUT2D eigenvalue weighted by molar-refractivity contribution is 7.92. The van der Waals surface area contributed by atoms with Crippen molar-refractivity contribution in [3.63, 3.8) is 0 Å². The van der Waals surface area contributed by atoms with E-state index in [2.05, 4.69) is 21.5 Å². The fraction of sp³-hybridized carbons (Fsp3) is 0.500. The zero-order valence-electron chi connectivity index (χ0n) is 12.1. The van der Waals surface area contributed by atoms with Gasteiger partial charge >= 0.3 is 0 Å². The van der Waals surface area contributed by atoms with E-state index in [0.717, 1.165) is 0 Å². The number of nitrogens with one attached hydrogen (secondary N) is 1. The molecule has 1 heterocycles. The second kappa shape index (κ2) is 6.73. The number of aromatic nitrogens is 1. The molecule has 0 unspecified atom stereocenters. The topological polar surface area (TPSA) is 85.1 Å². The van der Waals surface area contributed by atoms with E-state index in [4.69, 9.17) is 5.73 Å². The number of sulfonamides is 1. The van der Waals surface area contributed by atoms with Crippen molar-refractivity contribution in [2.45, 2.75) is 27.2 Å². The molecule has 0 radical (unpaired) electrons. The molecule has 0 spiro atoms. The van der Waals surface area contributed by atoms with Gasteiger partial charge in [-0.15, -0.1) is 0 Å². The van der Waals surface area contributed by atoms with Gasteiger partial charge in [-0.1, -0.05) is 32.8 Å². The number of pyridine rings is 1. The number of anilines is 1. The Kier molecular flexibility index (Phi) is 5.54. The molecule has 0 atom stereocenters. The fourth-order valence-corrected chi connectivity index (χ4v) is 2.77. The summed E-state index contributed by atoms with van der Waals surface area (Å²) >= 11 is 0. The molecule has 0 saturated carbocycles. The number of nitrogens with two attached hydrogens (primary N) is 1. The van der Waals surface area contributed by atoms with Crippen LogP contribution >= 0.6 is 0 Å². The fourth-order valence-electron chi connectivity index (χ4n) is 1.35. The van der Waals surface area contributed by atoms with Gasteiger partial charge in [-0.05, 0) is 29.9 Å². The van der Waals surface area contributed by atoms with Gasteiger partial charge in [0.1, 0.15) is 11.5 Å². The van der Waals surface area contributed by atoms with E-state index in [1.165, 1.54) is 0 Å². The molecular weight excluding hydrogens is 274 g/mol. The third-order valence-electron chi connectivity index (χ3n) is 2.45. The summed E-state index contributed by atoms with van der Waals surface area (Å²) in [6.45, 7) is 6.25. The molecule has 3 N–H and O–H groups in total. The minimum atomic E-state index is -3.39. The van der Waals surface area contributed by atoms with Crippen molar-refractivity contribution in [1.29, 1.82) is 0 Å². The number of hydrogen-bond donors (Lipinski definition) is 2. The van der Waals surface area contributed by atoms with Crippen LogP contribution in [0.5, 0.6) is 0 Å². The Morgan fingerprint density at radius 2 is 2.05 bits per heavy atom. The van der Waals surface area contributed by atoms with E-state index in [0.29, 0.717) is 12.1 Å². The van der Waals surface area contributed by atoms with Gasteiger partial charge in [0.2, 0.25) is 10.0 Å². The largest absolute Gasteiger partial charge is 0.320 e. The second-order valence-electron chi connectivity index (χ2n) is 5.65. The number of rotatable bonds is 4. The Hall–Kier alpha value is -1.58. The first-order valence-corrected chi connectivity index (χ1v) is 8.03. The van der Waals surface area contributed by atoms with Crippen molar-refractivity contribution in [3.05, 3.63) is 23.9 Å². The standard InChI is InChI=1S/C14H21N3O2S/c1-14(2,3)9-11-20(18,19)17-13-8-4-6-12(16-13)7-5-10-15/h4,6,8H,9-11,15H2,1-3H3,(H,16,17). The maximum absolute atomic E-state index is 12.0. The van der Waals surface area contributed by atoms with Gasteiger partial charge in [0.05, 0.1) is 12.3 Å². The van der Waals surface area contributed by atoms with E-state index >= 15 is 0 Å². The first-order valence-electron chi connectivity index (χ1n) is 6.38. The molecule has 20 heavy (non-hydrogen) atoms. The molecule has 1 aromatic rings. The summed E-state index contributed by atoms with van der Waals surface area (Å²) in [6.07, 6.45) is 0.578. The maximum Gasteiger partial charge on any atom is 0.233 e. The average Bonchev–Trinajstić information content (AvgIpc) is 2.33. The molecule has 6 heteroatoms. The van der Waals surface area contributed by atoms with Crippen molar-refractivity contribution < 1.29 is 8.42 Å². The van der Waals surface area contributed by atoms with Crippen LogP contribution in [0.2, 0.25) is 0 Å². The van der Waals surface area contributed by atoms with Gasteiger partial charge in [-0.25, -0.2) is 13.4 Å². The predicted octanol–water partition coefficient (Wildman–Crippen LogP) is 1.57. The zero-order valence-corrected chi connectivity index (χ0v) is 12.9. The highest BCUT2D eigenvalue weighted by Crippen LogP contribution is 2.19. The maximum atomic E-state index is 12.0. The van der Waals surface area contributed by atoms with E-state index in [1.807, 2.05) is 20.8 Å². The highest BCUT2D eigenvalue weighted by atomic mass is 32.2. The minimum absolute atomic E-state index is 0.0311. The van der Waals surface area contributed by atoms with Crippen LogP contribution in [0.4, 0.5) is 5.82 Å². The van der Waals surface area contributed by atoms with Crippen LogP contribution in [0.3, 0.4) is 0 Å². The molecule has 0 aliphatic rings. The summed E-state index contributed by atoms with van der Waals surface area (Å²) in [6, 6.07) is 5.01. The van der Waals surface area contributed by atoms with Crippen molar-refractivity contribution in [2.24, 2.45) is 11.1 Å². The normalized spacial score (nSPS) is 11.6. The quantitative estimate of drug-likeness (QED) is 0.826. The van der Waals surface area contributed by atoms with Crippen molar-refractivity contribution >= 4 is 15.8 Å². The molecule has 110 valence electrons. The van der Waals surface area contributed by atoms with Crippen LogP contribution in [0.25, 0.3) is 0 Å². The lowest BCUT2D eigenvalue weighted by Gasteiger charge is -2.17. The van der Waals surface area contributed by atoms with Crippen LogP contribution in [0.15, 0.2) is 18.2 Å². The highest BCUT2D eigenvalue weighted by Gasteiger charge is 2.17. The second-order valence-corrected chi connectivity index (χ2v) is 7.49. The molecule has 0 saturated heterocycles. The summed E-state index contributed by atoms with van der Waals surface area (Å²) in [5.41, 5.74) is 5.74. The predicted molar refractivity (Wildman–Crippen MR) is 81.7 cm³/mol. The summed E-state index contributed by atoms with van der Waals surface area (Å²) in [7, 11) is -3.39. The number of nitrogens with zero attached hydrogens (tertiary/aromatic N) is 1. The Morgan fingerprint density at radius 1 is 1.35 bits per heavy atom. The summed E-state index contributed by atoms with van der Waals surface area (Å²) < 4.78 is 26.4. The van der Waals surface area contributed by atoms with E-state index in [1.54, 1.807) is 18.2 Å². The molecular formula is C14H21N3O2S. The lowest BCUT2D eigenvalue weighted by Crippen LogP contribution is -2.21. The third-order valence-corrected chi connectivity index (χ3v) is 3.71. The average molecular weight is 295 g/mol. The lowest BCUT2D eigenvalue weighted by atomic mass is 9.94. The molecule has 5 nitrogen and oxygen atoms in total.